The summed E-state index contributed by atoms with van der Waals surface area (Å²) >= 11 is 0. The molecule has 8 heteroatoms. The van der Waals surface area contributed by atoms with Gasteiger partial charge in [0.15, 0.2) is 12.0 Å². The van der Waals surface area contributed by atoms with E-state index in [-0.39, 0.29) is 12.2 Å². The Hall–Kier alpha value is -2.29. The van der Waals surface area contributed by atoms with E-state index in [1.54, 1.807) is 10.9 Å². The van der Waals surface area contributed by atoms with Gasteiger partial charge in [-0.3, -0.25) is 9.69 Å². The summed E-state index contributed by atoms with van der Waals surface area (Å²) in [6, 6.07) is 8.57. The van der Waals surface area contributed by atoms with E-state index in [1.165, 1.54) is 11.1 Å². The Morgan fingerprint density at radius 2 is 1.86 bits per heavy atom. The van der Waals surface area contributed by atoms with Crippen molar-refractivity contribution in [2.24, 2.45) is 0 Å². The third-order valence-corrected chi connectivity index (χ3v) is 4.95. The van der Waals surface area contributed by atoms with Crippen LogP contribution in [0.1, 0.15) is 35.5 Å². The lowest BCUT2D eigenvalue weighted by atomic mass is 10.1. The molecule has 158 valence electrons. The second-order valence-corrected chi connectivity index (χ2v) is 7.22. The van der Waals surface area contributed by atoms with Gasteiger partial charge in [-0.2, -0.15) is 0 Å². The molecule has 2 heterocycles. The summed E-state index contributed by atoms with van der Waals surface area (Å²) in [7, 11) is 0. The van der Waals surface area contributed by atoms with Gasteiger partial charge in [-0.15, -0.1) is 5.10 Å². The van der Waals surface area contributed by atoms with Crippen LogP contribution in [0.25, 0.3) is 0 Å². The van der Waals surface area contributed by atoms with Crippen LogP contribution in [0.4, 0.5) is 0 Å². The lowest BCUT2D eigenvalue weighted by molar-refractivity contribution is -0.145. The molecule has 0 bridgehead atoms. The van der Waals surface area contributed by atoms with E-state index in [1.807, 2.05) is 18.7 Å². The monoisotopic (exact) mass is 401 g/mol. The van der Waals surface area contributed by atoms with Gasteiger partial charge in [0.2, 0.25) is 0 Å². The van der Waals surface area contributed by atoms with E-state index >= 15 is 0 Å². The number of ether oxygens (including phenoxy) is 2. The molecular formula is C21H31N5O3. The van der Waals surface area contributed by atoms with Crippen molar-refractivity contribution < 1.29 is 14.3 Å². The molecule has 3 rings (SSSR count). The molecule has 1 aliphatic heterocycles. The van der Waals surface area contributed by atoms with Crippen LogP contribution in [0, 0.1) is 6.92 Å². The molecule has 1 fully saturated rings. The number of aromatic nitrogens is 3. The maximum Gasteiger partial charge on any atom is 0.276 e. The Kier molecular flexibility index (Phi) is 7.74. The summed E-state index contributed by atoms with van der Waals surface area (Å²) < 4.78 is 12.7. The molecule has 1 saturated heterocycles. The number of benzene rings is 1. The second kappa shape index (κ2) is 10.5. The summed E-state index contributed by atoms with van der Waals surface area (Å²) in [5.41, 5.74) is 2.95. The van der Waals surface area contributed by atoms with Crippen molar-refractivity contribution in [2.45, 2.75) is 40.2 Å². The molecule has 1 aromatic carbocycles. The van der Waals surface area contributed by atoms with Gasteiger partial charge in [-0.1, -0.05) is 35.0 Å². The normalized spacial score (nSPS) is 15.2. The molecule has 29 heavy (non-hydrogen) atoms. The van der Waals surface area contributed by atoms with Gasteiger partial charge >= 0.3 is 0 Å². The average Bonchev–Trinajstić information content (AvgIpc) is 3.17. The topological polar surface area (TPSA) is 72.7 Å². The summed E-state index contributed by atoms with van der Waals surface area (Å²) in [5.74, 6) is -0.0733. The third kappa shape index (κ3) is 6.09. The Labute approximate surface area is 172 Å². The number of aryl methyl sites for hydroxylation is 1. The molecule has 0 atom stereocenters. The number of piperazine rings is 1. The first-order valence-electron chi connectivity index (χ1n) is 10.3. The highest BCUT2D eigenvalue weighted by molar-refractivity contribution is 5.92. The zero-order valence-corrected chi connectivity index (χ0v) is 17.6. The van der Waals surface area contributed by atoms with Crippen LogP contribution < -0.4 is 0 Å². The molecule has 0 aliphatic carbocycles. The molecule has 2 aromatic rings. The Balaban J connectivity index is 1.51. The predicted molar refractivity (Wildman–Crippen MR) is 109 cm³/mol. The van der Waals surface area contributed by atoms with E-state index in [0.717, 1.165) is 19.6 Å². The van der Waals surface area contributed by atoms with Crippen molar-refractivity contribution in [3.05, 3.63) is 47.3 Å². The van der Waals surface area contributed by atoms with Crippen LogP contribution in [0.5, 0.6) is 0 Å². The number of carbonyl (C=O) groups is 1. The van der Waals surface area contributed by atoms with Crippen molar-refractivity contribution in [3.63, 3.8) is 0 Å². The van der Waals surface area contributed by atoms with Gasteiger partial charge in [0, 0.05) is 45.9 Å². The largest absolute Gasteiger partial charge is 0.351 e. The first-order chi connectivity index (χ1) is 14.1. The van der Waals surface area contributed by atoms with E-state index in [4.69, 9.17) is 9.47 Å². The highest BCUT2D eigenvalue weighted by Gasteiger charge is 2.24. The lowest BCUT2D eigenvalue weighted by Crippen LogP contribution is -2.48. The van der Waals surface area contributed by atoms with Crippen LogP contribution in [0.2, 0.25) is 0 Å². The van der Waals surface area contributed by atoms with E-state index in [0.29, 0.717) is 38.5 Å². The first kappa shape index (κ1) is 21.4. The predicted octanol–water partition coefficient (Wildman–Crippen LogP) is 1.94. The summed E-state index contributed by atoms with van der Waals surface area (Å²) in [6.07, 6.45) is 1.28. The minimum Gasteiger partial charge on any atom is -0.351 e. The smallest absolute Gasteiger partial charge is 0.276 e. The van der Waals surface area contributed by atoms with E-state index < -0.39 is 0 Å². The average molecular weight is 402 g/mol. The highest BCUT2D eigenvalue weighted by atomic mass is 16.7. The lowest BCUT2D eigenvalue weighted by Gasteiger charge is -2.34. The number of hydrogen-bond donors (Lipinski definition) is 0. The minimum absolute atomic E-state index is 0.0733. The zero-order valence-electron chi connectivity index (χ0n) is 17.6. The van der Waals surface area contributed by atoms with Crippen molar-refractivity contribution in [1.29, 1.82) is 0 Å². The third-order valence-electron chi connectivity index (χ3n) is 4.95. The molecule has 1 aliphatic rings. The van der Waals surface area contributed by atoms with Crippen LogP contribution in [0.3, 0.4) is 0 Å². The maximum atomic E-state index is 12.8. The highest BCUT2D eigenvalue weighted by Crippen LogP contribution is 2.12. The molecule has 0 unspecified atom stereocenters. The fourth-order valence-corrected chi connectivity index (χ4v) is 3.50. The Bertz CT molecular complexity index is 780. The van der Waals surface area contributed by atoms with Crippen molar-refractivity contribution in [2.75, 3.05) is 39.4 Å². The fraction of sp³-hybridized carbons (Fsp3) is 0.571. The van der Waals surface area contributed by atoms with E-state index in [9.17, 15) is 4.79 Å². The van der Waals surface area contributed by atoms with Crippen LogP contribution in [-0.2, 0) is 22.6 Å². The number of rotatable bonds is 9. The van der Waals surface area contributed by atoms with Crippen molar-refractivity contribution in [1.82, 2.24) is 24.8 Å². The molecule has 0 saturated carbocycles. The van der Waals surface area contributed by atoms with Crippen molar-refractivity contribution in [3.8, 4) is 0 Å². The van der Waals surface area contributed by atoms with Crippen LogP contribution in [0.15, 0.2) is 30.5 Å². The number of carbonyl (C=O) groups excluding carboxylic acids is 1. The SMILES string of the molecule is CCOC(Cn1cc(C(=O)N2CCN(Cc3cccc(C)c3)CC2)nn1)OCC. The standard InChI is InChI=1S/C21H31N5O3/c1-4-28-20(29-5-2)16-26-15-19(22-23-26)21(27)25-11-9-24(10-12-25)14-18-8-6-7-17(3)13-18/h6-8,13,15,20H,4-5,9-12,14,16H2,1-3H3. The molecule has 0 N–H and O–H groups in total. The molecule has 8 nitrogen and oxygen atoms in total. The van der Waals surface area contributed by atoms with Crippen molar-refractivity contribution >= 4 is 5.91 Å². The molecule has 0 radical (unpaired) electrons. The number of hydrogen-bond acceptors (Lipinski definition) is 6. The molecule has 1 amide bonds. The Morgan fingerprint density at radius 1 is 1.14 bits per heavy atom. The van der Waals surface area contributed by atoms with Gasteiger partial charge in [0.25, 0.3) is 5.91 Å². The summed E-state index contributed by atoms with van der Waals surface area (Å²) in [6.45, 7) is 11.5. The summed E-state index contributed by atoms with van der Waals surface area (Å²) in [5, 5.41) is 8.12. The van der Waals surface area contributed by atoms with E-state index in [2.05, 4.69) is 46.4 Å². The Morgan fingerprint density at radius 3 is 2.52 bits per heavy atom. The fourth-order valence-electron chi connectivity index (χ4n) is 3.50. The van der Waals surface area contributed by atoms with Gasteiger partial charge in [-0.05, 0) is 26.3 Å². The molecular weight excluding hydrogens is 370 g/mol. The first-order valence-corrected chi connectivity index (χ1v) is 10.3. The van der Waals surface area contributed by atoms with Gasteiger partial charge < -0.3 is 14.4 Å². The molecule has 1 aromatic heterocycles. The van der Waals surface area contributed by atoms with Gasteiger partial charge in [0.1, 0.15) is 0 Å². The second-order valence-electron chi connectivity index (χ2n) is 7.22. The molecule has 0 spiro atoms. The van der Waals surface area contributed by atoms with Crippen LogP contribution >= 0.6 is 0 Å². The van der Waals surface area contributed by atoms with Gasteiger partial charge in [-0.25, -0.2) is 4.68 Å². The quantitative estimate of drug-likeness (QED) is 0.598. The van der Waals surface area contributed by atoms with Gasteiger partial charge in [0.05, 0.1) is 12.7 Å². The maximum absolute atomic E-state index is 12.8. The summed E-state index contributed by atoms with van der Waals surface area (Å²) in [4.78, 5) is 17.0. The minimum atomic E-state index is -0.389. The number of nitrogens with zero attached hydrogens (tertiary/aromatic N) is 5. The van der Waals surface area contributed by atoms with Crippen LogP contribution in [-0.4, -0.2) is 76.4 Å². The zero-order chi connectivity index (χ0) is 20.6. The number of amides is 1.